The monoisotopic (exact) mass is 375 g/mol. The molecule has 0 spiro atoms. The first kappa shape index (κ1) is 19.3. The number of aryl methyl sites for hydroxylation is 1. The third-order valence-electron chi connectivity index (χ3n) is 5.55. The van der Waals surface area contributed by atoms with E-state index in [1.807, 2.05) is 34.9 Å². The van der Waals surface area contributed by atoms with Gasteiger partial charge in [-0.25, -0.2) is 0 Å². The maximum Gasteiger partial charge on any atom is 0.230 e. The summed E-state index contributed by atoms with van der Waals surface area (Å²) >= 11 is 1.83. The molecule has 4 nitrogen and oxygen atoms in total. The Kier molecular flexibility index (Phi) is 7.00. The number of hydrogen-bond acceptors (Lipinski definition) is 4. The first-order chi connectivity index (χ1) is 12.7. The lowest BCUT2D eigenvalue weighted by Gasteiger charge is -2.25. The molecular formula is C21H29NO3S. The fourth-order valence-corrected chi connectivity index (χ4v) is 5.32. The van der Waals surface area contributed by atoms with Crippen molar-refractivity contribution in [3.63, 3.8) is 0 Å². The van der Waals surface area contributed by atoms with Gasteiger partial charge in [-0.3, -0.25) is 9.59 Å². The number of amides is 1. The van der Waals surface area contributed by atoms with Crippen LogP contribution in [0.4, 0.5) is 0 Å². The van der Waals surface area contributed by atoms with Crippen LogP contribution in [0.15, 0.2) is 24.3 Å². The Hall–Kier alpha value is -1.49. The number of ketones is 1. The van der Waals surface area contributed by atoms with Crippen molar-refractivity contribution >= 4 is 23.5 Å². The molecule has 1 aromatic carbocycles. The van der Waals surface area contributed by atoms with Gasteiger partial charge in [-0.2, -0.15) is 0 Å². The number of rotatable bonds is 7. The second-order valence-electron chi connectivity index (χ2n) is 7.24. The first-order valence-electron chi connectivity index (χ1n) is 9.74. The van der Waals surface area contributed by atoms with Gasteiger partial charge in [0.1, 0.15) is 11.5 Å². The van der Waals surface area contributed by atoms with E-state index in [1.165, 1.54) is 12.0 Å². The zero-order valence-electron chi connectivity index (χ0n) is 15.6. The quantitative estimate of drug-likeness (QED) is 0.674. The average Bonchev–Trinajstić information content (AvgIpc) is 3.16. The zero-order chi connectivity index (χ0) is 18.4. The van der Waals surface area contributed by atoms with E-state index in [2.05, 4.69) is 6.07 Å². The molecule has 0 bridgehead atoms. The summed E-state index contributed by atoms with van der Waals surface area (Å²) in [6, 6.07) is 8.05. The van der Waals surface area contributed by atoms with Gasteiger partial charge in [0.15, 0.2) is 0 Å². The normalized spacial score (nSPS) is 21.0. The van der Waals surface area contributed by atoms with Gasteiger partial charge < -0.3 is 9.64 Å². The molecule has 3 rings (SSSR count). The third-order valence-corrected chi connectivity index (χ3v) is 6.84. The number of nitrogens with zero attached hydrogens (tertiary/aromatic N) is 1. The summed E-state index contributed by atoms with van der Waals surface area (Å²) in [7, 11) is 1.69. The standard InChI is InChI=1S/C21H29NO3S/c1-25-19-10-6-5-9-17(19)11-12-21-22(13-14-26-21)20(24)15-18(23)16-7-3-2-4-8-16/h5-6,9-10,16,21H,2-4,7-8,11-15H2,1H3/t21-/m0/s1. The first-order valence-corrected chi connectivity index (χ1v) is 10.8. The summed E-state index contributed by atoms with van der Waals surface area (Å²) in [6.07, 6.45) is 7.30. The minimum Gasteiger partial charge on any atom is -0.496 e. The minimum atomic E-state index is 0.0237. The maximum absolute atomic E-state index is 12.7. The highest BCUT2D eigenvalue weighted by Gasteiger charge is 2.32. The number of para-hydroxylation sites is 1. The topological polar surface area (TPSA) is 46.6 Å². The van der Waals surface area contributed by atoms with Crippen molar-refractivity contribution in [2.45, 2.75) is 56.7 Å². The average molecular weight is 376 g/mol. The van der Waals surface area contributed by atoms with Gasteiger partial charge in [0, 0.05) is 18.2 Å². The number of hydrogen-bond donors (Lipinski definition) is 0. The van der Waals surface area contributed by atoms with Crippen molar-refractivity contribution in [1.82, 2.24) is 4.90 Å². The summed E-state index contributed by atoms with van der Waals surface area (Å²) in [5, 5.41) is 0.173. The van der Waals surface area contributed by atoms with Crippen molar-refractivity contribution in [2.24, 2.45) is 5.92 Å². The molecule has 1 aromatic rings. The molecular weight excluding hydrogens is 346 g/mol. The highest BCUT2D eigenvalue weighted by atomic mass is 32.2. The van der Waals surface area contributed by atoms with Crippen molar-refractivity contribution < 1.29 is 14.3 Å². The van der Waals surface area contributed by atoms with Crippen LogP contribution in [0.25, 0.3) is 0 Å². The highest BCUT2D eigenvalue weighted by molar-refractivity contribution is 8.00. The van der Waals surface area contributed by atoms with Crippen LogP contribution in [-0.4, -0.2) is 41.4 Å². The molecule has 1 aliphatic heterocycles. The fraction of sp³-hybridized carbons (Fsp3) is 0.619. The zero-order valence-corrected chi connectivity index (χ0v) is 16.4. The molecule has 142 valence electrons. The Morgan fingerprint density at radius 1 is 1.19 bits per heavy atom. The summed E-state index contributed by atoms with van der Waals surface area (Å²) < 4.78 is 5.42. The molecule has 0 radical (unpaired) electrons. The van der Waals surface area contributed by atoms with Gasteiger partial charge in [-0.1, -0.05) is 37.5 Å². The summed E-state index contributed by atoms with van der Waals surface area (Å²) in [4.78, 5) is 27.1. The van der Waals surface area contributed by atoms with Crippen molar-refractivity contribution in [2.75, 3.05) is 19.4 Å². The molecule has 0 unspecified atom stereocenters. The molecule has 0 N–H and O–H groups in total. The number of benzene rings is 1. The van der Waals surface area contributed by atoms with Crippen LogP contribution >= 0.6 is 11.8 Å². The van der Waals surface area contributed by atoms with E-state index in [9.17, 15) is 9.59 Å². The molecule has 1 heterocycles. The molecule has 1 aliphatic carbocycles. The van der Waals surface area contributed by atoms with Crippen LogP contribution in [0.3, 0.4) is 0 Å². The number of Topliss-reactive ketones (excluding diaryl/α,β-unsaturated/α-hetero) is 1. The molecule has 2 aliphatic rings. The van der Waals surface area contributed by atoms with Crippen LogP contribution in [-0.2, 0) is 16.0 Å². The number of methoxy groups -OCH3 is 1. The van der Waals surface area contributed by atoms with E-state index >= 15 is 0 Å². The van der Waals surface area contributed by atoms with Crippen LogP contribution in [0.1, 0.15) is 50.5 Å². The summed E-state index contributed by atoms with van der Waals surface area (Å²) in [6.45, 7) is 0.762. The SMILES string of the molecule is COc1ccccc1CC[C@@H]1SCCN1C(=O)CC(=O)C1CCCCC1. The van der Waals surface area contributed by atoms with Crippen LogP contribution in [0.5, 0.6) is 5.75 Å². The predicted octanol–water partition coefficient (Wildman–Crippen LogP) is 4.07. The third kappa shape index (κ3) is 4.81. The number of thioether (sulfide) groups is 1. The maximum atomic E-state index is 12.7. The van der Waals surface area contributed by atoms with E-state index in [4.69, 9.17) is 4.74 Å². The second-order valence-corrected chi connectivity index (χ2v) is 8.53. The molecule has 1 atom stereocenters. The van der Waals surface area contributed by atoms with Gasteiger partial charge in [0.05, 0.1) is 18.9 Å². The van der Waals surface area contributed by atoms with Crippen molar-refractivity contribution in [1.29, 1.82) is 0 Å². The molecule has 26 heavy (non-hydrogen) atoms. The van der Waals surface area contributed by atoms with Crippen LogP contribution in [0, 0.1) is 5.92 Å². The van der Waals surface area contributed by atoms with Gasteiger partial charge in [-0.15, -0.1) is 11.8 Å². The molecule has 0 aromatic heterocycles. The minimum absolute atomic E-state index is 0.0237. The van der Waals surface area contributed by atoms with E-state index in [-0.39, 0.29) is 29.4 Å². The fourth-order valence-electron chi connectivity index (χ4n) is 4.05. The van der Waals surface area contributed by atoms with Crippen LogP contribution in [0.2, 0.25) is 0 Å². The van der Waals surface area contributed by atoms with E-state index in [1.54, 1.807) is 7.11 Å². The largest absolute Gasteiger partial charge is 0.496 e. The van der Waals surface area contributed by atoms with Crippen molar-refractivity contribution in [3.8, 4) is 5.75 Å². The Labute approximate surface area is 160 Å². The summed E-state index contributed by atoms with van der Waals surface area (Å²) in [5.74, 6) is 2.17. The van der Waals surface area contributed by atoms with E-state index in [0.29, 0.717) is 0 Å². The lowest BCUT2D eigenvalue weighted by molar-refractivity contribution is -0.137. The smallest absolute Gasteiger partial charge is 0.230 e. The number of carbonyl (C=O) groups excluding carboxylic acids is 2. The van der Waals surface area contributed by atoms with Gasteiger partial charge in [0.25, 0.3) is 0 Å². The Morgan fingerprint density at radius 2 is 1.96 bits per heavy atom. The Morgan fingerprint density at radius 3 is 2.73 bits per heavy atom. The Balaban J connectivity index is 1.53. The molecule has 1 saturated carbocycles. The van der Waals surface area contributed by atoms with Crippen molar-refractivity contribution in [3.05, 3.63) is 29.8 Å². The Bertz CT molecular complexity index is 627. The lowest BCUT2D eigenvalue weighted by Crippen LogP contribution is -2.37. The summed E-state index contributed by atoms with van der Waals surface area (Å²) in [5.41, 5.74) is 1.17. The van der Waals surface area contributed by atoms with Crippen LogP contribution < -0.4 is 4.74 Å². The molecule has 1 saturated heterocycles. The van der Waals surface area contributed by atoms with E-state index in [0.717, 1.165) is 56.6 Å². The van der Waals surface area contributed by atoms with Gasteiger partial charge >= 0.3 is 0 Å². The van der Waals surface area contributed by atoms with Gasteiger partial charge in [0.2, 0.25) is 5.91 Å². The second kappa shape index (κ2) is 9.45. The number of ether oxygens (including phenoxy) is 1. The molecule has 1 amide bonds. The molecule has 2 fully saturated rings. The molecule has 5 heteroatoms. The lowest BCUT2D eigenvalue weighted by atomic mass is 9.85. The number of carbonyl (C=O) groups is 2. The predicted molar refractivity (Wildman–Crippen MR) is 105 cm³/mol. The van der Waals surface area contributed by atoms with Gasteiger partial charge in [-0.05, 0) is 37.3 Å². The van der Waals surface area contributed by atoms with E-state index < -0.39 is 0 Å². The highest BCUT2D eigenvalue weighted by Crippen LogP contribution is 2.31.